The molecule has 2 aliphatic rings. The van der Waals surface area contributed by atoms with Crippen LogP contribution in [0.25, 0.3) is 66.9 Å². The summed E-state index contributed by atoms with van der Waals surface area (Å²) in [6.45, 7) is 11.1. The molecule has 0 spiro atoms. The van der Waals surface area contributed by atoms with Gasteiger partial charge in [-0.1, -0.05) is 48.0 Å². The van der Waals surface area contributed by atoms with Gasteiger partial charge in [-0.2, -0.15) is 0 Å². The number of benzene rings is 3. The van der Waals surface area contributed by atoms with E-state index in [-0.39, 0.29) is 5.56 Å². The fourth-order valence-electron chi connectivity index (χ4n) is 7.39. The lowest BCUT2D eigenvalue weighted by molar-refractivity contribution is 0.0394. The second kappa shape index (κ2) is 28.4. The van der Waals surface area contributed by atoms with Gasteiger partial charge in [-0.15, -0.1) is 0 Å². The summed E-state index contributed by atoms with van der Waals surface area (Å²) >= 11 is 20.0. The third kappa shape index (κ3) is 17.5. The van der Waals surface area contributed by atoms with Gasteiger partial charge in [-0.25, -0.2) is 24.9 Å². The highest BCUT2D eigenvalue weighted by Crippen LogP contribution is 2.61. The van der Waals surface area contributed by atoms with E-state index in [4.69, 9.17) is 31.8 Å². The van der Waals surface area contributed by atoms with Crippen LogP contribution in [0.1, 0.15) is 0 Å². The Balaban J connectivity index is 0.000000144. The molecule has 0 atom stereocenters. The van der Waals surface area contributed by atoms with Crippen molar-refractivity contribution in [3.63, 3.8) is 0 Å². The third-order valence-electron chi connectivity index (χ3n) is 10.9. The molecule has 8 heterocycles. The van der Waals surface area contributed by atoms with Gasteiger partial charge in [0, 0.05) is 117 Å². The summed E-state index contributed by atoms with van der Waals surface area (Å²) in [5.41, 5.74) is 10.3. The number of nitrogens with zero attached hydrogens (tertiary/aromatic N) is 10. The van der Waals surface area contributed by atoms with E-state index in [1.165, 1.54) is 0 Å². The Bertz CT molecular complexity index is 3220. The number of anilines is 1. The Morgan fingerprint density at radius 1 is 0.575 bits per heavy atom. The third-order valence-corrected chi connectivity index (χ3v) is 11.2. The van der Waals surface area contributed by atoms with Crippen molar-refractivity contribution in [2.75, 3.05) is 84.1 Å². The molecule has 3 aromatic carbocycles. The van der Waals surface area contributed by atoms with E-state index < -0.39 is 5.20 Å². The van der Waals surface area contributed by atoms with Crippen molar-refractivity contribution >= 4 is 89.1 Å². The fraction of sp³-hybridized carbons (Fsp3) is 0.235. The molecule has 378 valence electrons. The van der Waals surface area contributed by atoms with Gasteiger partial charge in [0.1, 0.15) is 16.8 Å². The highest BCUT2D eigenvalue weighted by atomic mass is 36.0. The monoisotopic (exact) mass is 1080 g/mol. The van der Waals surface area contributed by atoms with Crippen LogP contribution in [0.4, 0.5) is 5.82 Å². The summed E-state index contributed by atoms with van der Waals surface area (Å²) < 4.78 is 20.1. The van der Waals surface area contributed by atoms with E-state index in [1.807, 2.05) is 97.1 Å². The maximum absolute atomic E-state index is 11.9. The van der Waals surface area contributed by atoms with Crippen LogP contribution < -0.4 is 16.6 Å². The van der Waals surface area contributed by atoms with Gasteiger partial charge in [-0.3, -0.25) is 34.1 Å². The molecular weight excluding hydrogens is 1030 g/mol. The average Bonchev–Trinajstić information content (AvgIpc) is 3.42. The molecule has 73 heavy (non-hydrogen) atoms. The molecule has 0 saturated carbocycles. The van der Waals surface area contributed by atoms with Crippen LogP contribution in [-0.4, -0.2) is 133 Å². The van der Waals surface area contributed by atoms with E-state index in [2.05, 4.69) is 94.8 Å². The highest BCUT2D eigenvalue weighted by molar-refractivity contribution is 8.24. The first-order valence-electron chi connectivity index (χ1n) is 23.1. The molecule has 2 saturated heterocycles. The number of aromatic nitrogens is 9. The minimum Gasteiger partial charge on any atom is -0.379 e. The van der Waals surface area contributed by atoms with Crippen LogP contribution in [0.2, 0.25) is 5.15 Å². The Kier molecular flexibility index (Phi) is 21.3. The molecule has 0 radical (unpaired) electrons. The zero-order valence-electron chi connectivity index (χ0n) is 39.5. The SMILES string of the molecule is Clc1nc(-c2cccnc2)nc2ccccc12.NCCN1CCOCC1.O=P(Cl)(Cl)Cl.O=c1[nH]c(-c2cccnc2)nc2ccccc12.c1cncc(-c2nc(NCCN3CCOCC3)c3ccccc3n2)c1. The van der Waals surface area contributed by atoms with Crippen molar-refractivity contribution in [1.29, 1.82) is 0 Å². The number of rotatable bonds is 9. The lowest BCUT2D eigenvalue weighted by Crippen LogP contribution is -2.39. The number of para-hydroxylation sites is 3. The minimum atomic E-state index is -3.22. The Labute approximate surface area is 441 Å². The van der Waals surface area contributed by atoms with Crippen molar-refractivity contribution in [2.24, 2.45) is 5.73 Å². The number of aromatic amines is 1. The predicted molar refractivity (Wildman–Crippen MR) is 293 cm³/mol. The molecule has 9 aromatic rings. The molecule has 2 fully saturated rings. The average molecular weight is 1080 g/mol. The molecule has 0 amide bonds. The van der Waals surface area contributed by atoms with Crippen molar-refractivity contribution < 1.29 is 14.0 Å². The number of fused-ring (bicyclic) bond motifs is 3. The first-order chi connectivity index (χ1) is 35.5. The normalized spacial score (nSPS) is 13.8. The number of hydrogen-bond donors (Lipinski definition) is 3. The molecule has 0 unspecified atom stereocenters. The first kappa shape index (κ1) is 54.7. The summed E-state index contributed by atoms with van der Waals surface area (Å²) in [5, 5.41) is 3.24. The highest BCUT2D eigenvalue weighted by Gasteiger charge is 2.13. The van der Waals surface area contributed by atoms with Gasteiger partial charge in [0.15, 0.2) is 11.6 Å². The molecular formula is C51H52Cl4N13O4P. The van der Waals surface area contributed by atoms with Crippen LogP contribution in [0.5, 0.6) is 0 Å². The summed E-state index contributed by atoms with van der Waals surface area (Å²) in [7, 11) is 0. The summed E-state index contributed by atoms with van der Waals surface area (Å²) in [6, 6.07) is 34.3. The second-order valence-corrected chi connectivity index (χ2v) is 22.9. The minimum absolute atomic E-state index is 0.130. The van der Waals surface area contributed by atoms with Crippen LogP contribution in [0.3, 0.4) is 0 Å². The molecule has 17 nitrogen and oxygen atoms in total. The molecule has 0 aliphatic carbocycles. The van der Waals surface area contributed by atoms with Crippen LogP contribution in [0.15, 0.2) is 151 Å². The Morgan fingerprint density at radius 2 is 1.03 bits per heavy atom. The van der Waals surface area contributed by atoms with Gasteiger partial charge in [0.2, 0.25) is 0 Å². The number of nitrogens with one attached hydrogen (secondary N) is 2. The number of ether oxygens (including phenoxy) is 2. The van der Waals surface area contributed by atoms with Crippen molar-refractivity contribution in [2.45, 2.75) is 0 Å². The molecule has 0 bridgehead atoms. The fourth-order valence-corrected chi connectivity index (χ4v) is 7.63. The molecule has 11 rings (SSSR count). The zero-order chi connectivity index (χ0) is 51.3. The number of pyridine rings is 3. The lowest BCUT2D eigenvalue weighted by Gasteiger charge is -2.26. The van der Waals surface area contributed by atoms with E-state index in [0.29, 0.717) is 33.5 Å². The van der Waals surface area contributed by atoms with Crippen molar-refractivity contribution in [1.82, 2.24) is 54.7 Å². The van der Waals surface area contributed by atoms with E-state index in [1.54, 1.807) is 43.2 Å². The Morgan fingerprint density at radius 3 is 1.55 bits per heavy atom. The van der Waals surface area contributed by atoms with Crippen LogP contribution >= 0.6 is 50.5 Å². The first-order valence-corrected chi connectivity index (χ1v) is 27.9. The van der Waals surface area contributed by atoms with Gasteiger partial charge in [-0.05, 0) is 107 Å². The van der Waals surface area contributed by atoms with Crippen molar-refractivity contribution in [3.8, 4) is 34.2 Å². The smallest absolute Gasteiger partial charge is 0.339 e. The van der Waals surface area contributed by atoms with E-state index in [0.717, 1.165) is 123 Å². The lowest BCUT2D eigenvalue weighted by atomic mass is 10.2. The molecule has 2 aliphatic heterocycles. The van der Waals surface area contributed by atoms with Crippen LogP contribution in [-0.2, 0) is 14.0 Å². The summed E-state index contributed by atoms with van der Waals surface area (Å²) in [6.07, 6.45) is 10.3. The van der Waals surface area contributed by atoms with Gasteiger partial charge in [0.05, 0.1) is 48.4 Å². The number of nitrogens with two attached hydrogens (primary N) is 1. The topological polar surface area (TPSA) is 216 Å². The number of morpholine rings is 2. The van der Waals surface area contributed by atoms with Gasteiger partial charge in [0.25, 0.3) is 5.56 Å². The second-order valence-electron chi connectivity index (χ2n) is 15.9. The van der Waals surface area contributed by atoms with Gasteiger partial charge < -0.3 is 25.5 Å². The molecule has 6 aromatic heterocycles. The van der Waals surface area contributed by atoms with Gasteiger partial charge >= 0.3 is 5.20 Å². The number of H-pyrrole nitrogens is 1. The van der Waals surface area contributed by atoms with E-state index >= 15 is 0 Å². The van der Waals surface area contributed by atoms with E-state index in [9.17, 15) is 9.36 Å². The quantitative estimate of drug-likeness (QED) is 0.0905. The number of halogens is 4. The van der Waals surface area contributed by atoms with Crippen LogP contribution in [0, 0.1) is 0 Å². The Hall–Kier alpha value is -6.08. The molecule has 4 N–H and O–H groups in total. The summed E-state index contributed by atoms with van der Waals surface area (Å²) in [5.74, 6) is 2.71. The molecule has 22 heteroatoms. The zero-order valence-corrected chi connectivity index (χ0v) is 43.4. The maximum atomic E-state index is 11.9. The van der Waals surface area contributed by atoms with Crippen molar-refractivity contribution in [3.05, 3.63) is 162 Å². The maximum Gasteiger partial charge on any atom is 0.339 e. The summed E-state index contributed by atoms with van der Waals surface area (Å²) in [4.78, 5) is 54.2. The standard InChI is InChI=1S/C19H21N5O.C13H8ClN3.C13H9N3O.C6H14N2O.Cl3OP/c1-2-6-17-16(5-1)19(21-8-9-24-10-12-25-13-11-24)23-18(22-17)15-4-3-7-20-14-15;14-12-10-5-1-2-6-11(10)16-13(17-12)9-4-3-7-15-8-9;17-13-10-5-1-2-6-11(10)15-12(16-13)9-4-3-7-14-8-9;7-1-2-8-3-5-9-6-4-8;1-5(2,3)4/h1-7,14H,8-13H2,(H,21,22,23);1-8H;1-8H,(H,15,16,17);1-7H2;. The number of hydrogen-bond acceptors (Lipinski definition) is 16. The predicted octanol–water partition coefficient (Wildman–Crippen LogP) is 9.85. The largest absolute Gasteiger partial charge is 0.379 e.